The number of nitrogens with one attached hydrogen (secondary N) is 1. The number of hydrogen-bond donors (Lipinski definition) is 1. The van der Waals surface area contributed by atoms with E-state index in [4.69, 9.17) is 0 Å². The van der Waals surface area contributed by atoms with Crippen molar-refractivity contribution in [1.29, 1.82) is 0 Å². The molecule has 0 aliphatic carbocycles. The Morgan fingerprint density at radius 1 is 1.33 bits per heavy atom. The van der Waals surface area contributed by atoms with E-state index in [0.717, 1.165) is 10.9 Å². The van der Waals surface area contributed by atoms with Crippen LogP contribution >= 0.6 is 11.6 Å². The van der Waals surface area contributed by atoms with Gasteiger partial charge in [-0.2, -0.15) is 0 Å². The van der Waals surface area contributed by atoms with Gasteiger partial charge in [0.1, 0.15) is 0 Å². The third-order valence-electron chi connectivity index (χ3n) is 1.96. The highest BCUT2D eigenvalue weighted by molar-refractivity contribution is 6.36. The Morgan fingerprint density at radius 2 is 2.00 bits per heavy atom. The largest absolute Gasteiger partial charge is 0.360 e. The molecule has 78 valence electrons. The lowest BCUT2D eigenvalue weighted by Gasteiger charge is -1.89. The van der Waals surface area contributed by atoms with Crippen LogP contribution in [0.2, 0.25) is 0 Å². The van der Waals surface area contributed by atoms with E-state index < -0.39 is 5.78 Å². The monoisotopic (exact) mass is 223 g/mol. The van der Waals surface area contributed by atoms with E-state index in [2.05, 4.69) is 16.6 Å². The summed E-state index contributed by atoms with van der Waals surface area (Å²) in [4.78, 5) is 24.3. The molecule has 0 bridgehead atoms. The van der Waals surface area contributed by atoms with Crippen molar-refractivity contribution in [2.45, 2.75) is 0 Å². The molecule has 0 spiro atoms. The molecule has 0 unspecified atom stereocenters. The zero-order chi connectivity index (χ0) is 11.3. The second kappa shape index (κ2) is 5.32. The second-order valence-corrected chi connectivity index (χ2v) is 2.73. The SMILES string of the molecule is CCl.O=CC(=O)c1c[nH]c2ccccc12. The van der Waals surface area contributed by atoms with Crippen LogP contribution in [0.5, 0.6) is 0 Å². The van der Waals surface area contributed by atoms with Crippen molar-refractivity contribution in [2.24, 2.45) is 0 Å². The first-order chi connectivity index (χ1) is 7.33. The number of benzene rings is 1. The van der Waals surface area contributed by atoms with Crippen LogP contribution in [0.1, 0.15) is 10.4 Å². The maximum absolute atomic E-state index is 11.1. The highest BCUT2D eigenvalue weighted by Crippen LogP contribution is 2.17. The van der Waals surface area contributed by atoms with Gasteiger partial charge in [0.15, 0.2) is 6.29 Å². The summed E-state index contributed by atoms with van der Waals surface area (Å²) in [6.45, 7) is 0. The minimum absolute atomic E-state index is 0.329. The van der Waals surface area contributed by atoms with E-state index >= 15 is 0 Å². The van der Waals surface area contributed by atoms with E-state index in [1.165, 1.54) is 6.38 Å². The van der Waals surface area contributed by atoms with Gasteiger partial charge < -0.3 is 4.98 Å². The number of ketones is 1. The summed E-state index contributed by atoms with van der Waals surface area (Å²) in [5.74, 6) is -0.488. The Bertz CT molecular complexity index is 476. The molecule has 1 N–H and O–H groups in total. The highest BCUT2D eigenvalue weighted by atomic mass is 35.5. The predicted octanol–water partition coefficient (Wildman–Crippen LogP) is 2.40. The van der Waals surface area contributed by atoms with Crippen molar-refractivity contribution in [3.63, 3.8) is 0 Å². The standard InChI is InChI=1S/C10H7NO2.CH3Cl/c12-6-10(13)8-5-11-9-4-2-1-3-7(8)9;1-2/h1-6,11H;1H3. The lowest BCUT2D eigenvalue weighted by molar-refractivity contribution is -0.104. The molecule has 0 fully saturated rings. The van der Waals surface area contributed by atoms with Gasteiger partial charge in [-0.25, -0.2) is 0 Å². The average molecular weight is 224 g/mol. The number of halogens is 1. The van der Waals surface area contributed by atoms with E-state index in [-0.39, 0.29) is 0 Å². The number of alkyl halides is 1. The quantitative estimate of drug-likeness (QED) is 0.368. The van der Waals surface area contributed by atoms with Gasteiger partial charge in [0.25, 0.3) is 0 Å². The summed E-state index contributed by atoms with van der Waals surface area (Å²) in [5, 5.41) is 0.791. The lowest BCUT2D eigenvalue weighted by atomic mass is 10.1. The number of hydrogen-bond acceptors (Lipinski definition) is 2. The number of aldehydes is 1. The Kier molecular flexibility index (Phi) is 4.06. The van der Waals surface area contributed by atoms with Crippen LogP contribution in [-0.2, 0) is 4.79 Å². The maximum atomic E-state index is 11.1. The minimum Gasteiger partial charge on any atom is -0.360 e. The zero-order valence-corrected chi connectivity index (χ0v) is 8.91. The number of fused-ring (bicyclic) bond motifs is 1. The second-order valence-electron chi connectivity index (χ2n) is 2.73. The fraction of sp³-hybridized carbons (Fsp3) is 0.0909. The minimum atomic E-state index is -0.488. The van der Waals surface area contributed by atoms with Gasteiger partial charge in [-0.05, 0) is 6.07 Å². The smallest absolute Gasteiger partial charge is 0.227 e. The number of carbonyl (C=O) groups is 2. The number of para-hydroxylation sites is 1. The first-order valence-corrected chi connectivity index (χ1v) is 5.02. The number of rotatable bonds is 2. The average Bonchev–Trinajstić information content (AvgIpc) is 2.74. The third-order valence-corrected chi connectivity index (χ3v) is 1.96. The van der Waals surface area contributed by atoms with Gasteiger partial charge in [-0.1, -0.05) is 18.2 Å². The topological polar surface area (TPSA) is 49.9 Å². The molecular weight excluding hydrogens is 214 g/mol. The normalized spacial score (nSPS) is 9.20. The first kappa shape index (κ1) is 11.5. The Morgan fingerprint density at radius 3 is 2.67 bits per heavy atom. The third kappa shape index (κ3) is 2.25. The van der Waals surface area contributed by atoms with Crippen molar-refractivity contribution in [2.75, 3.05) is 6.38 Å². The van der Waals surface area contributed by atoms with Crippen molar-refractivity contribution < 1.29 is 9.59 Å². The summed E-state index contributed by atoms with van der Waals surface area (Å²) in [6, 6.07) is 7.37. The van der Waals surface area contributed by atoms with Crippen molar-refractivity contribution in [3.05, 3.63) is 36.0 Å². The molecule has 0 amide bonds. The van der Waals surface area contributed by atoms with Crippen LogP contribution in [0.3, 0.4) is 0 Å². The van der Waals surface area contributed by atoms with E-state index in [1.807, 2.05) is 24.3 Å². The molecule has 0 saturated heterocycles. The van der Waals surface area contributed by atoms with E-state index in [1.54, 1.807) is 6.20 Å². The van der Waals surface area contributed by atoms with Gasteiger partial charge >= 0.3 is 0 Å². The highest BCUT2D eigenvalue weighted by Gasteiger charge is 2.09. The summed E-state index contributed by atoms with van der Waals surface area (Å²) in [7, 11) is 0. The van der Waals surface area contributed by atoms with Crippen LogP contribution in [0.4, 0.5) is 0 Å². The van der Waals surface area contributed by atoms with Gasteiger partial charge in [0.2, 0.25) is 5.78 Å². The molecule has 15 heavy (non-hydrogen) atoms. The molecule has 2 rings (SSSR count). The molecule has 1 heterocycles. The number of carbonyl (C=O) groups excluding carboxylic acids is 2. The fourth-order valence-electron chi connectivity index (χ4n) is 1.34. The van der Waals surface area contributed by atoms with Crippen molar-refractivity contribution in [3.8, 4) is 0 Å². The Labute approximate surface area is 92.0 Å². The number of Topliss-reactive ketones (excluding diaryl/α,β-unsaturated/α-hetero) is 1. The van der Waals surface area contributed by atoms with Crippen LogP contribution < -0.4 is 0 Å². The maximum Gasteiger partial charge on any atom is 0.227 e. The first-order valence-electron chi connectivity index (χ1n) is 4.26. The van der Waals surface area contributed by atoms with E-state index in [0.29, 0.717) is 11.8 Å². The summed E-state index contributed by atoms with van der Waals surface area (Å²) < 4.78 is 0. The van der Waals surface area contributed by atoms with Gasteiger partial charge in [0.05, 0.1) is 5.56 Å². The molecule has 0 saturated carbocycles. The number of aromatic amines is 1. The molecule has 2 aromatic rings. The van der Waals surface area contributed by atoms with Crippen LogP contribution in [0.25, 0.3) is 10.9 Å². The van der Waals surface area contributed by atoms with Gasteiger partial charge in [-0.3, -0.25) is 9.59 Å². The molecule has 0 atom stereocenters. The predicted molar refractivity (Wildman–Crippen MR) is 60.5 cm³/mol. The zero-order valence-electron chi connectivity index (χ0n) is 8.16. The molecule has 1 aromatic carbocycles. The van der Waals surface area contributed by atoms with Crippen LogP contribution in [-0.4, -0.2) is 23.4 Å². The Hall–Kier alpha value is -1.61. The molecule has 1 aromatic heterocycles. The molecule has 0 aliphatic heterocycles. The number of aromatic nitrogens is 1. The summed E-state index contributed by atoms with van der Waals surface area (Å²) >= 11 is 4.64. The summed E-state index contributed by atoms with van der Waals surface area (Å²) in [6.07, 6.45) is 3.36. The van der Waals surface area contributed by atoms with E-state index in [9.17, 15) is 9.59 Å². The van der Waals surface area contributed by atoms with Gasteiger partial charge in [-0.15, -0.1) is 11.6 Å². The van der Waals surface area contributed by atoms with Crippen LogP contribution in [0, 0.1) is 0 Å². The molecule has 0 aliphatic rings. The number of H-pyrrole nitrogens is 1. The molecular formula is C11H10ClNO2. The van der Waals surface area contributed by atoms with Crippen molar-refractivity contribution >= 4 is 34.6 Å². The Balaban J connectivity index is 0.000000531. The van der Waals surface area contributed by atoms with Gasteiger partial charge in [0, 0.05) is 23.5 Å². The lowest BCUT2D eigenvalue weighted by Crippen LogP contribution is -1.97. The molecule has 4 heteroatoms. The fourth-order valence-corrected chi connectivity index (χ4v) is 1.34. The van der Waals surface area contributed by atoms with Crippen LogP contribution in [0.15, 0.2) is 30.5 Å². The summed E-state index contributed by atoms with van der Waals surface area (Å²) in [5.41, 5.74) is 1.30. The van der Waals surface area contributed by atoms with Crippen molar-refractivity contribution in [1.82, 2.24) is 4.98 Å². The molecule has 0 radical (unpaired) electrons. The molecule has 3 nitrogen and oxygen atoms in total.